The molecule has 3 rings (SSSR count). The summed E-state index contributed by atoms with van der Waals surface area (Å²) in [6.07, 6.45) is 1.29. The largest absolute Gasteiger partial charge is 0.351 e. The zero-order valence-corrected chi connectivity index (χ0v) is 17.3. The predicted octanol–water partition coefficient (Wildman–Crippen LogP) is 3.81. The van der Waals surface area contributed by atoms with Crippen molar-refractivity contribution in [3.63, 3.8) is 0 Å². The van der Waals surface area contributed by atoms with Gasteiger partial charge in [0.15, 0.2) is 0 Å². The first kappa shape index (κ1) is 20.1. The first-order chi connectivity index (χ1) is 13.3. The van der Waals surface area contributed by atoms with Crippen molar-refractivity contribution in [2.45, 2.75) is 52.5 Å². The number of rotatable bonds is 4. The first-order valence-electron chi connectivity index (χ1n) is 9.99. The van der Waals surface area contributed by atoms with Crippen molar-refractivity contribution in [2.75, 3.05) is 13.1 Å². The molecule has 1 fully saturated rings. The number of hydrogen-bond acceptors (Lipinski definition) is 2. The van der Waals surface area contributed by atoms with E-state index in [2.05, 4.69) is 38.2 Å². The number of carbonyl (C=O) groups is 2. The Bertz CT molecular complexity index is 842. The molecule has 1 saturated heterocycles. The minimum atomic E-state index is -0.584. The van der Waals surface area contributed by atoms with Gasteiger partial charge in [0.25, 0.3) is 0 Å². The van der Waals surface area contributed by atoms with E-state index in [1.165, 1.54) is 22.3 Å². The van der Waals surface area contributed by atoms with Gasteiger partial charge in [0.05, 0.1) is 5.41 Å². The van der Waals surface area contributed by atoms with Gasteiger partial charge in [-0.25, -0.2) is 0 Å². The van der Waals surface area contributed by atoms with Crippen molar-refractivity contribution in [1.29, 1.82) is 0 Å². The number of benzene rings is 2. The van der Waals surface area contributed by atoms with E-state index >= 15 is 0 Å². The van der Waals surface area contributed by atoms with Gasteiger partial charge in [0.1, 0.15) is 0 Å². The van der Waals surface area contributed by atoms with E-state index in [9.17, 15) is 9.59 Å². The van der Waals surface area contributed by atoms with Crippen molar-refractivity contribution >= 4 is 11.8 Å². The molecule has 0 atom stereocenters. The molecule has 1 heterocycles. The fraction of sp³-hybridized carbons (Fsp3) is 0.417. The van der Waals surface area contributed by atoms with Gasteiger partial charge in [-0.1, -0.05) is 48.0 Å². The van der Waals surface area contributed by atoms with E-state index in [-0.39, 0.29) is 11.8 Å². The van der Waals surface area contributed by atoms with Gasteiger partial charge >= 0.3 is 0 Å². The Morgan fingerprint density at radius 3 is 2.11 bits per heavy atom. The molecule has 4 heteroatoms. The van der Waals surface area contributed by atoms with Gasteiger partial charge < -0.3 is 10.2 Å². The number of hydrogen-bond donors (Lipinski definition) is 1. The van der Waals surface area contributed by atoms with Gasteiger partial charge in [-0.15, -0.1) is 0 Å². The van der Waals surface area contributed by atoms with Crippen LogP contribution >= 0.6 is 0 Å². The normalized spacial score (nSPS) is 15.9. The van der Waals surface area contributed by atoms with Crippen LogP contribution in [0.15, 0.2) is 42.5 Å². The quantitative estimate of drug-likeness (QED) is 0.880. The Hall–Kier alpha value is -2.62. The molecule has 0 saturated carbocycles. The van der Waals surface area contributed by atoms with Crippen LogP contribution in [0.2, 0.25) is 0 Å². The molecule has 0 aliphatic carbocycles. The molecule has 1 aliphatic rings. The minimum Gasteiger partial charge on any atom is -0.351 e. The first-order valence-corrected chi connectivity index (χ1v) is 9.99. The fourth-order valence-corrected chi connectivity index (χ4v) is 4.43. The molecule has 28 heavy (non-hydrogen) atoms. The van der Waals surface area contributed by atoms with Crippen LogP contribution in [0.1, 0.15) is 47.6 Å². The highest BCUT2D eigenvalue weighted by Gasteiger charge is 2.43. The zero-order valence-electron chi connectivity index (χ0n) is 17.3. The molecule has 148 valence electrons. The highest BCUT2D eigenvalue weighted by atomic mass is 16.2. The van der Waals surface area contributed by atoms with Crippen LogP contribution in [-0.2, 0) is 21.5 Å². The Morgan fingerprint density at radius 2 is 1.57 bits per heavy atom. The fourth-order valence-electron chi connectivity index (χ4n) is 4.43. The van der Waals surface area contributed by atoms with Crippen molar-refractivity contribution in [1.82, 2.24) is 10.2 Å². The molecule has 1 N–H and O–H groups in total. The lowest BCUT2D eigenvalue weighted by Gasteiger charge is -2.41. The minimum absolute atomic E-state index is 0.0567. The number of piperidine rings is 1. The predicted molar refractivity (Wildman–Crippen MR) is 112 cm³/mol. The van der Waals surface area contributed by atoms with Crippen molar-refractivity contribution in [2.24, 2.45) is 0 Å². The Kier molecular flexibility index (Phi) is 5.87. The molecule has 2 aromatic carbocycles. The summed E-state index contributed by atoms with van der Waals surface area (Å²) >= 11 is 0. The summed E-state index contributed by atoms with van der Waals surface area (Å²) < 4.78 is 0. The monoisotopic (exact) mass is 378 g/mol. The van der Waals surface area contributed by atoms with E-state index in [0.29, 0.717) is 32.5 Å². The van der Waals surface area contributed by atoms with Crippen LogP contribution < -0.4 is 5.32 Å². The van der Waals surface area contributed by atoms with Crippen LogP contribution in [-0.4, -0.2) is 29.8 Å². The SMILES string of the molecule is CC(=O)N1CCC(C(=O)NCc2c(C)cc(C)cc2C)(c2ccccc2)CC1. The molecule has 0 unspecified atom stereocenters. The maximum Gasteiger partial charge on any atom is 0.231 e. The highest BCUT2D eigenvalue weighted by molar-refractivity contribution is 5.89. The van der Waals surface area contributed by atoms with E-state index in [1.807, 2.05) is 35.2 Å². The second kappa shape index (κ2) is 8.17. The summed E-state index contributed by atoms with van der Waals surface area (Å²) in [5.41, 5.74) is 5.29. The molecule has 2 amide bonds. The third-order valence-electron chi connectivity index (χ3n) is 6.09. The number of aryl methyl sites for hydroxylation is 3. The molecule has 1 aliphatic heterocycles. The summed E-state index contributed by atoms with van der Waals surface area (Å²) in [6, 6.07) is 14.3. The maximum atomic E-state index is 13.4. The molecule has 2 aromatic rings. The van der Waals surface area contributed by atoms with Crippen molar-refractivity contribution < 1.29 is 9.59 Å². The molecular weight excluding hydrogens is 348 g/mol. The third kappa shape index (κ3) is 3.96. The van der Waals surface area contributed by atoms with Crippen molar-refractivity contribution in [3.05, 3.63) is 70.3 Å². The third-order valence-corrected chi connectivity index (χ3v) is 6.09. The van der Waals surface area contributed by atoms with Gasteiger partial charge in [0, 0.05) is 26.6 Å². The smallest absolute Gasteiger partial charge is 0.231 e. The Balaban J connectivity index is 1.83. The van der Waals surface area contributed by atoms with Crippen molar-refractivity contribution in [3.8, 4) is 0 Å². The second-order valence-corrected chi connectivity index (χ2v) is 8.01. The average Bonchev–Trinajstić information content (AvgIpc) is 2.67. The van der Waals surface area contributed by atoms with Gasteiger partial charge in [0.2, 0.25) is 11.8 Å². The lowest BCUT2D eigenvalue weighted by Crippen LogP contribution is -2.52. The number of nitrogens with zero attached hydrogens (tertiary/aromatic N) is 1. The number of likely N-dealkylation sites (tertiary alicyclic amines) is 1. The zero-order chi connectivity index (χ0) is 20.3. The summed E-state index contributed by atoms with van der Waals surface area (Å²) in [4.78, 5) is 27.0. The lowest BCUT2D eigenvalue weighted by molar-refractivity contribution is -0.135. The van der Waals surface area contributed by atoms with Gasteiger partial charge in [-0.2, -0.15) is 0 Å². The van der Waals surface area contributed by atoms with Crippen LogP contribution in [0.5, 0.6) is 0 Å². The molecule has 0 spiro atoms. The summed E-state index contributed by atoms with van der Waals surface area (Å²) in [6.45, 7) is 9.63. The summed E-state index contributed by atoms with van der Waals surface area (Å²) in [5.74, 6) is 0.134. The number of carbonyl (C=O) groups excluding carboxylic acids is 2. The molecule has 0 bridgehead atoms. The molecular formula is C24H30N2O2. The van der Waals surface area contributed by atoms with Crippen LogP contribution in [0.3, 0.4) is 0 Å². The lowest BCUT2D eigenvalue weighted by atomic mass is 9.72. The second-order valence-electron chi connectivity index (χ2n) is 8.01. The molecule has 0 aromatic heterocycles. The van der Waals surface area contributed by atoms with E-state index in [1.54, 1.807) is 6.92 Å². The molecule has 0 radical (unpaired) electrons. The average molecular weight is 379 g/mol. The van der Waals surface area contributed by atoms with Crippen LogP contribution in [0.4, 0.5) is 0 Å². The molecule has 4 nitrogen and oxygen atoms in total. The summed E-state index contributed by atoms with van der Waals surface area (Å²) in [7, 11) is 0. The topological polar surface area (TPSA) is 49.4 Å². The van der Waals surface area contributed by atoms with E-state index in [0.717, 1.165) is 5.56 Å². The van der Waals surface area contributed by atoms with E-state index in [4.69, 9.17) is 0 Å². The van der Waals surface area contributed by atoms with Crippen LogP contribution in [0.25, 0.3) is 0 Å². The number of nitrogens with one attached hydrogen (secondary N) is 1. The standard InChI is InChI=1S/C24H30N2O2/c1-17-14-18(2)22(19(3)15-17)16-25-23(28)24(21-8-6-5-7-9-21)10-12-26(13-11-24)20(4)27/h5-9,14-15H,10-13,16H2,1-4H3,(H,25,28). The highest BCUT2D eigenvalue weighted by Crippen LogP contribution is 2.36. The summed E-state index contributed by atoms with van der Waals surface area (Å²) in [5, 5.41) is 3.21. The number of amides is 2. The Labute approximate surface area is 167 Å². The van der Waals surface area contributed by atoms with E-state index < -0.39 is 5.41 Å². The maximum absolute atomic E-state index is 13.4. The Morgan fingerprint density at radius 1 is 1.00 bits per heavy atom. The van der Waals surface area contributed by atoms with Gasteiger partial charge in [-0.3, -0.25) is 9.59 Å². The van der Waals surface area contributed by atoms with Crippen LogP contribution in [0, 0.1) is 20.8 Å². The van der Waals surface area contributed by atoms with Gasteiger partial charge in [-0.05, 0) is 55.9 Å².